The Hall–Kier alpha value is -0.790. The lowest BCUT2D eigenvalue weighted by atomic mass is 9.85. The summed E-state index contributed by atoms with van der Waals surface area (Å²) in [5.74, 6) is 0.928. The van der Waals surface area contributed by atoms with Crippen molar-refractivity contribution in [2.45, 2.75) is 39.7 Å². The molecule has 0 unspecified atom stereocenters. The van der Waals surface area contributed by atoms with E-state index in [9.17, 15) is 0 Å². The molecule has 1 aliphatic carbocycles. The number of imidazole rings is 1. The van der Waals surface area contributed by atoms with Gasteiger partial charge in [0.05, 0.1) is 12.0 Å². The summed E-state index contributed by atoms with van der Waals surface area (Å²) >= 11 is 0. The van der Waals surface area contributed by atoms with E-state index in [1.165, 1.54) is 37.2 Å². The Morgan fingerprint density at radius 1 is 1.50 bits per heavy atom. The summed E-state index contributed by atoms with van der Waals surface area (Å²) in [5, 5.41) is 0. The van der Waals surface area contributed by atoms with Crippen LogP contribution in [0.2, 0.25) is 0 Å². The van der Waals surface area contributed by atoms with Crippen LogP contribution in [0.25, 0.3) is 0 Å². The van der Waals surface area contributed by atoms with Crippen molar-refractivity contribution in [1.82, 2.24) is 9.55 Å². The molecule has 1 aromatic heterocycles. The normalized spacial score (nSPS) is 17.8. The number of hydrogen-bond donors (Lipinski definition) is 0. The lowest BCUT2D eigenvalue weighted by molar-refractivity contribution is 0.275. The minimum absolute atomic E-state index is 0.928. The van der Waals surface area contributed by atoms with E-state index in [2.05, 4.69) is 23.4 Å². The zero-order chi connectivity index (χ0) is 8.55. The summed E-state index contributed by atoms with van der Waals surface area (Å²) in [7, 11) is 0. The van der Waals surface area contributed by atoms with E-state index in [0.717, 1.165) is 5.92 Å². The van der Waals surface area contributed by atoms with Crippen LogP contribution >= 0.6 is 0 Å². The largest absolute Gasteiger partial charge is 0.334 e. The van der Waals surface area contributed by atoms with Crippen molar-refractivity contribution in [3.63, 3.8) is 0 Å². The van der Waals surface area contributed by atoms with Gasteiger partial charge in [-0.25, -0.2) is 4.98 Å². The van der Waals surface area contributed by atoms with Gasteiger partial charge < -0.3 is 4.57 Å². The van der Waals surface area contributed by atoms with Crippen LogP contribution in [0.5, 0.6) is 0 Å². The van der Waals surface area contributed by atoms with Crippen molar-refractivity contribution < 1.29 is 0 Å². The molecule has 0 spiro atoms. The van der Waals surface area contributed by atoms with Gasteiger partial charge >= 0.3 is 0 Å². The molecular formula is C10H16N2. The zero-order valence-electron chi connectivity index (χ0n) is 7.88. The van der Waals surface area contributed by atoms with Crippen molar-refractivity contribution in [2.24, 2.45) is 5.92 Å². The van der Waals surface area contributed by atoms with E-state index in [-0.39, 0.29) is 0 Å². The average molecular weight is 164 g/mol. The molecule has 2 nitrogen and oxygen atoms in total. The number of nitrogens with zero attached hydrogens (tertiary/aromatic N) is 2. The Bertz CT molecular complexity index is 271. The molecule has 0 N–H and O–H groups in total. The van der Waals surface area contributed by atoms with Crippen LogP contribution in [0, 0.1) is 19.8 Å². The molecular weight excluding hydrogens is 148 g/mol. The predicted molar refractivity (Wildman–Crippen MR) is 49.0 cm³/mol. The lowest BCUT2D eigenvalue weighted by Crippen LogP contribution is -2.18. The summed E-state index contributed by atoms with van der Waals surface area (Å²) in [5.41, 5.74) is 2.51. The van der Waals surface area contributed by atoms with Crippen molar-refractivity contribution in [2.75, 3.05) is 0 Å². The minimum atomic E-state index is 0.928. The summed E-state index contributed by atoms with van der Waals surface area (Å²) in [6.45, 7) is 5.42. The molecule has 1 heterocycles. The van der Waals surface area contributed by atoms with Crippen molar-refractivity contribution >= 4 is 0 Å². The van der Waals surface area contributed by atoms with Crippen molar-refractivity contribution in [3.8, 4) is 0 Å². The highest BCUT2D eigenvalue weighted by atomic mass is 15.1. The van der Waals surface area contributed by atoms with Crippen LogP contribution < -0.4 is 0 Å². The second-order valence-electron chi connectivity index (χ2n) is 3.86. The first kappa shape index (κ1) is 7.84. The van der Waals surface area contributed by atoms with Gasteiger partial charge in [-0.05, 0) is 32.6 Å². The van der Waals surface area contributed by atoms with Gasteiger partial charge in [-0.1, -0.05) is 6.42 Å². The highest BCUT2D eigenvalue weighted by Crippen LogP contribution is 2.28. The molecule has 0 bridgehead atoms. The maximum atomic E-state index is 4.29. The van der Waals surface area contributed by atoms with E-state index in [4.69, 9.17) is 0 Å². The molecule has 0 amide bonds. The van der Waals surface area contributed by atoms with E-state index in [1.807, 2.05) is 6.33 Å². The van der Waals surface area contributed by atoms with Crippen LogP contribution in [-0.4, -0.2) is 9.55 Å². The molecule has 0 atom stereocenters. The van der Waals surface area contributed by atoms with Gasteiger partial charge in [0, 0.05) is 12.2 Å². The Morgan fingerprint density at radius 3 is 2.67 bits per heavy atom. The second kappa shape index (κ2) is 2.92. The molecule has 12 heavy (non-hydrogen) atoms. The monoisotopic (exact) mass is 164 g/mol. The van der Waals surface area contributed by atoms with E-state index < -0.39 is 0 Å². The topological polar surface area (TPSA) is 17.8 Å². The molecule has 2 rings (SSSR count). The Balaban J connectivity index is 2.06. The van der Waals surface area contributed by atoms with Crippen LogP contribution in [0.15, 0.2) is 6.33 Å². The van der Waals surface area contributed by atoms with Gasteiger partial charge in [-0.2, -0.15) is 0 Å². The van der Waals surface area contributed by atoms with Crippen LogP contribution in [0.1, 0.15) is 30.7 Å². The number of rotatable bonds is 2. The zero-order valence-corrected chi connectivity index (χ0v) is 7.88. The second-order valence-corrected chi connectivity index (χ2v) is 3.86. The molecule has 0 radical (unpaired) electrons. The molecule has 1 aliphatic rings. The van der Waals surface area contributed by atoms with Crippen LogP contribution in [0.4, 0.5) is 0 Å². The third kappa shape index (κ3) is 1.26. The first-order valence-electron chi connectivity index (χ1n) is 4.75. The standard InChI is InChI=1S/C10H16N2/c1-8-9(2)12(7-11-8)6-10-4-3-5-10/h7,10H,3-6H2,1-2H3. The Kier molecular flexibility index (Phi) is 1.91. The van der Waals surface area contributed by atoms with Gasteiger partial charge in [0.2, 0.25) is 0 Å². The van der Waals surface area contributed by atoms with E-state index in [0.29, 0.717) is 0 Å². The third-order valence-corrected chi connectivity index (χ3v) is 3.02. The predicted octanol–water partition coefficient (Wildman–Crippen LogP) is 2.30. The molecule has 0 aliphatic heterocycles. The Labute approximate surface area is 73.6 Å². The molecule has 66 valence electrons. The first-order valence-corrected chi connectivity index (χ1v) is 4.75. The molecule has 0 aromatic carbocycles. The van der Waals surface area contributed by atoms with Gasteiger partial charge in [-0.15, -0.1) is 0 Å². The SMILES string of the molecule is Cc1ncn(CC2CCC2)c1C. The maximum Gasteiger partial charge on any atom is 0.0951 e. The van der Waals surface area contributed by atoms with Crippen molar-refractivity contribution in [3.05, 3.63) is 17.7 Å². The summed E-state index contributed by atoms with van der Waals surface area (Å²) in [6.07, 6.45) is 6.23. The lowest BCUT2D eigenvalue weighted by Gasteiger charge is -2.26. The quantitative estimate of drug-likeness (QED) is 0.655. The number of aromatic nitrogens is 2. The fraction of sp³-hybridized carbons (Fsp3) is 0.700. The average Bonchev–Trinajstić information content (AvgIpc) is 2.27. The Morgan fingerprint density at radius 2 is 2.25 bits per heavy atom. The molecule has 2 heteroatoms. The summed E-state index contributed by atoms with van der Waals surface area (Å²) in [4.78, 5) is 4.29. The fourth-order valence-corrected chi connectivity index (χ4v) is 1.68. The molecule has 1 saturated carbocycles. The highest BCUT2D eigenvalue weighted by Gasteiger charge is 2.18. The summed E-state index contributed by atoms with van der Waals surface area (Å²) < 4.78 is 2.29. The van der Waals surface area contributed by atoms with Crippen LogP contribution in [0.3, 0.4) is 0 Å². The van der Waals surface area contributed by atoms with Gasteiger partial charge in [0.15, 0.2) is 0 Å². The van der Waals surface area contributed by atoms with Gasteiger partial charge in [0.25, 0.3) is 0 Å². The first-order chi connectivity index (χ1) is 5.77. The van der Waals surface area contributed by atoms with E-state index >= 15 is 0 Å². The molecule has 1 aromatic rings. The number of hydrogen-bond acceptors (Lipinski definition) is 1. The smallest absolute Gasteiger partial charge is 0.0951 e. The van der Waals surface area contributed by atoms with Crippen molar-refractivity contribution in [1.29, 1.82) is 0 Å². The fourth-order valence-electron chi connectivity index (χ4n) is 1.68. The van der Waals surface area contributed by atoms with Gasteiger partial charge in [0.1, 0.15) is 0 Å². The van der Waals surface area contributed by atoms with E-state index in [1.54, 1.807) is 0 Å². The molecule has 1 fully saturated rings. The molecule has 0 saturated heterocycles. The maximum absolute atomic E-state index is 4.29. The minimum Gasteiger partial charge on any atom is -0.334 e. The van der Waals surface area contributed by atoms with Gasteiger partial charge in [-0.3, -0.25) is 0 Å². The summed E-state index contributed by atoms with van der Waals surface area (Å²) in [6, 6.07) is 0. The number of aryl methyl sites for hydroxylation is 1. The highest BCUT2D eigenvalue weighted by molar-refractivity contribution is 5.08. The third-order valence-electron chi connectivity index (χ3n) is 3.02. The van der Waals surface area contributed by atoms with Crippen LogP contribution in [-0.2, 0) is 6.54 Å².